The van der Waals surface area contributed by atoms with Gasteiger partial charge in [0.2, 0.25) is 0 Å². The number of rotatable bonds is 4. The molecule has 0 amide bonds. The van der Waals surface area contributed by atoms with E-state index in [9.17, 15) is 0 Å². The second-order valence-electron chi connectivity index (χ2n) is 4.73. The van der Waals surface area contributed by atoms with Crippen LogP contribution in [0.1, 0.15) is 25.0 Å². The molecule has 0 aliphatic carbocycles. The van der Waals surface area contributed by atoms with Crippen LogP contribution in [0, 0.1) is 0 Å². The van der Waals surface area contributed by atoms with E-state index in [4.69, 9.17) is 4.74 Å². The smallest absolute Gasteiger partial charge is 0.0642 e. The van der Waals surface area contributed by atoms with Crippen molar-refractivity contribution in [2.24, 2.45) is 0 Å². The average molecular weight is 257 g/mol. The molecule has 0 atom stereocenters. The number of allylic oxidation sites excluding steroid dienone is 3. The molecule has 0 spiro atoms. The molecule has 2 heteroatoms. The zero-order chi connectivity index (χ0) is 13.5. The fourth-order valence-corrected chi connectivity index (χ4v) is 2.30. The summed E-state index contributed by atoms with van der Waals surface area (Å²) < 4.78 is 5.45. The molecule has 2 nitrogen and oxygen atoms in total. The molecule has 102 valence electrons. The maximum atomic E-state index is 5.45. The van der Waals surface area contributed by atoms with Gasteiger partial charge in [-0.2, -0.15) is 0 Å². The van der Waals surface area contributed by atoms with Crippen molar-refractivity contribution in [2.45, 2.75) is 20.3 Å². The number of aryl methyl sites for hydroxylation is 1. The number of anilines is 1. The fraction of sp³-hybridized carbons (Fsp3) is 0.412. The van der Waals surface area contributed by atoms with Gasteiger partial charge in [-0.15, -0.1) is 0 Å². The molecule has 1 heterocycles. The lowest BCUT2D eigenvalue weighted by atomic mass is 10.1. The van der Waals surface area contributed by atoms with E-state index in [0.717, 1.165) is 32.7 Å². The Balaban J connectivity index is 2.29. The van der Waals surface area contributed by atoms with Crippen molar-refractivity contribution in [1.82, 2.24) is 0 Å². The van der Waals surface area contributed by atoms with Crippen molar-refractivity contribution in [3.8, 4) is 0 Å². The zero-order valence-electron chi connectivity index (χ0n) is 11.9. The average Bonchev–Trinajstić information content (AvgIpc) is 2.48. The lowest BCUT2D eigenvalue weighted by Crippen LogP contribution is -2.36. The lowest BCUT2D eigenvalue weighted by Gasteiger charge is -2.30. The van der Waals surface area contributed by atoms with Crippen LogP contribution in [0.4, 0.5) is 5.69 Å². The lowest BCUT2D eigenvalue weighted by molar-refractivity contribution is 0.122. The van der Waals surface area contributed by atoms with Crippen molar-refractivity contribution in [3.05, 3.63) is 47.6 Å². The first-order chi connectivity index (χ1) is 9.35. The number of morpholine rings is 1. The topological polar surface area (TPSA) is 12.5 Å². The normalized spacial score (nSPS) is 16.6. The van der Waals surface area contributed by atoms with E-state index in [1.165, 1.54) is 16.8 Å². The molecule has 1 aromatic rings. The summed E-state index contributed by atoms with van der Waals surface area (Å²) in [4.78, 5) is 2.43. The Morgan fingerprint density at radius 2 is 2.00 bits per heavy atom. The van der Waals surface area contributed by atoms with Gasteiger partial charge in [0, 0.05) is 18.8 Å². The van der Waals surface area contributed by atoms with Crippen LogP contribution >= 0.6 is 0 Å². The van der Waals surface area contributed by atoms with E-state index in [1.807, 2.05) is 13.0 Å². The predicted molar refractivity (Wildman–Crippen MR) is 82.7 cm³/mol. The Hall–Kier alpha value is -1.54. The first-order valence-electron chi connectivity index (χ1n) is 7.10. The van der Waals surface area contributed by atoms with Gasteiger partial charge in [-0.3, -0.25) is 0 Å². The Morgan fingerprint density at radius 1 is 1.21 bits per heavy atom. The second kappa shape index (κ2) is 7.15. The van der Waals surface area contributed by atoms with E-state index in [-0.39, 0.29) is 0 Å². The van der Waals surface area contributed by atoms with Crippen LogP contribution in [0.5, 0.6) is 0 Å². The van der Waals surface area contributed by atoms with Crippen molar-refractivity contribution in [1.29, 1.82) is 0 Å². The molecule has 0 aromatic heterocycles. The van der Waals surface area contributed by atoms with E-state index in [1.54, 1.807) is 0 Å². The molecule has 1 aliphatic heterocycles. The third-order valence-electron chi connectivity index (χ3n) is 3.43. The Kier molecular flexibility index (Phi) is 5.22. The second-order valence-corrected chi connectivity index (χ2v) is 4.73. The highest BCUT2D eigenvalue weighted by atomic mass is 16.5. The van der Waals surface area contributed by atoms with E-state index >= 15 is 0 Å². The molecule has 1 aliphatic rings. The van der Waals surface area contributed by atoms with Crippen molar-refractivity contribution in [3.63, 3.8) is 0 Å². The molecule has 1 aromatic carbocycles. The Labute approximate surface area is 116 Å². The predicted octanol–water partition coefficient (Wildman–Crippen LogP) is 3.67. The summed E-state index contributed by atoms with van der Waals surface area (Å²) >= 11 is 0. The minimum Gasteiger partial charge on any atom is -0.378 e. The van der Waals surface area contributed by atoms with Crippen LogP contribution in [0.15, 0.2) is 36.4 Å². The van der Waals surface area contributed by atoms with Gasteiger partial charge in [0.15, 0.2) is 0 Å². The molecule has 0 unspecified atom stereocenters. The molecular weight excluding hydrogens is 234 g/mol. The number of nitrogens with zero attached hydrogens (tertiary/aromatic N) is 1. The van der Waals surface area contributed by atoms with Gasteiger partial charge in [-0.1, -0.05) is 43.4 Å². The van der Waals surface area contributed by atoms with Crippen LogP contribution < -0.4 is 4.90 Å². The number of hydrogen-bond donors (Lipinski definition) is 0. The van der Waals surface area contributed by atoms with Gasteiger partial charge in [-0.05, 0) is 30.5 Å². The van der Waals surface area contributed by atoms with Gasteiger partial charge >= 0.3 is 0 Å². The molecular formula is C17H23NO. The van der Waals surface area contributed by atoms with Crippen LogP contribution in [-0.4, -0.2) is 26.3 Å². The highest BCUT2D eigenvalue weighted by Gasteiger charge is 2.14. The van der Waals surface area contributed by atoms with E-state index in [2.05, 4.69) is 48.3 Å². The van der Waals surface area contributed by atoms with Gasteiger partial charge < -0.3 is 9.64 Å². The van der Waals surface area contributed by atoms with Crippen LogP contribution in [0.3, 0.4) is 0 Å². The molecule has 0 saturated carbocycles. The van der Waals surface area contributed by atoms with Gasteiger partial charge in [0.25, 0.3) is 0 Å². The van der Waals surface area contributed by atoms with Crippen molar-refractivity contribution < 1.29 is 4.74 Å². The third-order valence-corrected chi connectivity index (χ3v) is 3.43. The maximum absolute atomic E-state index is 5.45. The summed E-state index contributed by atoms with van der Waals surface area (Å²) in [6.45, 7) is 7.86. The monoisotopic (exact) mass is 257 g/mol. The maximum Gasteiger partial charge on any atom is 0.0642 e. The number of benzene rings is 1. The summed E-state index contributed by atoms with van der Waals surface area (Å²) in [7, 11) is 0. The molecule has 0 bridgehead atoms. The summed E-state index contributed by atoms with van der Waals surface area (Å²) in [6.07, 6.45) is 9.48. The van der Waals surface area contributed by atoms with Crippen molar-refractivity contribution in [2.75, 3.05) is 31.2 Å². The summed E-state index contributed by atoms with van der Waals surface area (Å²) in [5.41, 5.74) is 4.02. The molecule has 19 heavy (non-hydrogen) atoms. The van der Waals surface area contributed by atoms with Crippen LogP contribution in [0.25, 0.3) is 6.08 Å². The SMILES string of the molecule is C/C=C/C=C/c1ccc(CC)cc1N1CCOCC1. The van der Waals surface area contributed by atoms with Gasteiger partial charge in [0.1, 0.15) is 0 Å². The quantitative estimate of drug-likeness (QED) is 0.763. The van der Waals surface area contributed by atoms with E-state index < -0.39 is 0 Å². The van der Waals surface area contributed by atoms with Crippen LogP contribution in [-0.2, 0) is 11.2 Å². The highest BCUT2D eigenvalue weighted by molar-refractivity contribution is 5.69. The van der Waals surface area contributed by atoms with Gasteiger partial charge in [-0.25, -0.2) is 0 Å². The first-order valence-corrected chi connectivity index (χ1v) is 7.10. The molecule has 2 rings (SSSR count). The van der Waals surface area contributed by atoms with Crippen molar-refractivity contribution >= 4 is 11.8 Å². The highest BCUT2D eigenvalue weighted by Crippen LogP contribution is 2.25. The summed E-state index contributed by atoms with van der Waals surface area (Å²) in [5.74, 6) is 0. The number of ether oxygens (including phenoxy) is 1. The first kappa shape index (κ1) is 13.9. The third kappa shape index (κ3) is 3.71. The standard InChI is InChI=1S/C17H23NO/c1-3-5-6-7-16-9-8-15(4-2)14-17(16)18-10-12-19-13-11-18/h3,5-9,14H,4,10-13H2,1-2H3/b5-3+,7-6+. The van der Waals surface area contributed by atoms with Crippen LogP contribution in [0.2, 0.25) is 0 Å². The van der Waals surface area contributed by atoms with Gasteiger partial charge in [0.05, 0.1) is 13.2 Å². The summed E-state index contributed by atoms with van der Waals surface area (Å²) in [5, 5.41) is 0. The largest absolute Gasteiger partial charge is 0.378 e. The zero-order valence-corrected chi connectivity index (χ0v) is 11.9. The molecule has 0 N–H and O–H groups in total. The minimum atomic E-state index is 0.828. The molecule has 1 fully saturated rings. The molecule has 0 radical (unpaired) electrons. The minimum absolute atomic E-state index is 0.828. The summed E-state index contributed by atoms with van der Waals surface area (Å²) in [6, 6.07) is 6.77. The Morgan fingerprint density at radius 3 is 2.68 bits per heavy atom. The van der Waals surface area contributed by atoms with E-state index in [0.29, 0.717) is 0 Å². The molecule has 1 saturated heterocycles. The number of hydrogen-bond acceptors (Lipinski definition) is 2. The fourth-order valence-electron chi connectivity index (χ4n) is 2.30. The Bertz CT molecular complexity index is 456.